The first kappa shape index (κ1) is 34.4. The van der Waals surface area contributed by atoms with Crippen molar-refractivity contribution in [1.82, 2.24) is 9.13 Å². The van der Waals surface area contributed by atoms with Crippen molar-refractivity contribution in [1.29, 1.82) is 0 Å². The number of anilines is 1. The zero-order chi connectivity index (χ0) is 39.3. The topological polar surface area (TPSA) is 45.1 Å². The fourth-order valence-electron chi connectivity index (χ4n) is 8.82. The number of hydrogen-bond donors (Lipinski definition) is 1. The van der Waals surface area contributed by atoms with Crippen LogP contribution in [0.25, 0.3) is 88.4 Å². The predicted octanol–water partition coefficient (Wildman–Crippen LogP) is 14.0. The van der Waals surface area contributed by atoms with Crippen LogP contribution in [0.15, 0.2) is 212 Å². The molecule has 59 heavy (non-hydrogen) atoms. The smallest absolute Gasteiger partial charge is 0.143 e. The molecule has 0 saturated heterocycles. The molecule has 11 rings (SSSR count). The highest BCUT2D eigenvalue weighted by molar-refractivity contribution is 6.10. The Morgan fingerprint density at radius 2 is 0.746 bits per heavy atom. The van der Waals surface area contributed by atoms with Crippen LogP contribution in [0, 0.1) is 0 Å². The molecule has 0 aliphatic carbocycles. The second-order valence-electron chi connectivity index (χ2n) is 15.1. The van der Waals surface area contributed by atoms with E-state index < -0.39 is 0 Å². The average Bonchev–Trinajstić information content (AvgIpc) is 3.82. The maximum Gasteiger partial charge on any atom is 0.143 e. The third-order valence-corrected chi connectivity index (χ3v) is 11.6. The fraction of sp³-hybridized carbons (Fsp3) is 0.0182. The minimum absolute atomic E-state index is 0.309. The number of nitrogens with zero attached hydrogens (tertiary/aromatic N) is 2. The van der Waals surface area contributed by atoms with Gasteiger partial charge in [0, 0.05) is 38.5 Å². The van der Waals surface area contributed by atoms with Gasteiger partial charge in [-0.3, -0.25) is 0 Å². The molecule has 4 heteroatoms. The van der Waals surface area contributed by atoms with E-state index in [0.717, 1.165) is 61.3 Å². The first-order valence-corrected chi connectivity index (χ1v) is 20.1. The van der Waals surface area contributed by atoms with Crippen LogP contribution in [0.2, 0.25) is 0 Å². The number of para-hydroxylation sites is 4. The van der Waals surface area contributed by atoms with E-state index in [2.05, 4.69) is 197 Å². The molecule has 2 N–H and O–H groups in total. The van der Waals surface area contributed by atoms with Gasteiger partial charge < -0.3 is 19.6 Å². The molecule has 280 valence electrons. The SMILES string of the molecule is Nc1c(OCc2cc(-n3c4ccccc4c4ccccc43)cc(-n3c4ccccc4c4ccccc43)c2)cc(-c2ccc(-c3ccccc3)cc2)cc1-c1ccccc1. The van der Waals surface area contributed by atoms with Crippen LogP contribution in [0.5, 0.6) is 5.75 Å². The molecule has 0 unspecified atom stereocenters. The third kappa shape index (κ3) is 6.01. The van der Waals surface area contributed by atoms with Crippen molar-refractivity contribution in [3.8, 4) is 50.5 Å². The number of hydrogen-bond acceptors (Lipinski definition) is 2. The number of nitrogen functional groups attached to an aromatic ring is 1. The molecule has 0 atom stereocenters. The maximum atomic E-state index is 7.06. The van der Waals surface area contributed by atoms with Gasteiger partial charge in [-0.2, -0.15) is 0 Å². The van der Waals surface area contributed by atoms with Gasteiger partial charge in [0.05, 0.1) is 27.8 Å². The molecule has 9 aromatic carbocycles. The molecule has 0 saturated carbocycles. The Balaban J connectivity index is 1.07. The minimum atomic E-state index is 0.309. The summed E-state index contributed by atoms with van der Waals surface area (Å²) in [6.45, 7) is 0.309. The summed E-state index contributed by atoms with van der Waals surface area (Å²) < 4.78 is 11.7. The average molecular weight is 758 g/mol. The van der Waals surface area contributed by atoms with Gasteiger partial charge >= 0.3 is 0 Å². The lowest BCUT2D eigenvalue weighted by atomic mass is 9.95. The van der Waals surface area contributed by atoms with Gasteiger partial charge in [0.2, 0.25) is 0 Å². The highest BCUT2D eigenvalue weighted by Crippen LogP contribution is 2.40. The number of fused-ring (bicyclic) bond motifs is 6. The van der Waals surface area contributed by atoms with Crippen molar-refractivity contribution < 1.29 is 4.74 Å². The van der Waals surface area contributed by atoms with Gasteiger partial charge in [0.25, 0.3) is 0 Å². The molecule has 0 aliphatic rings. The van der Waals surface area contributed by atoms with E-state index in [1.165, 1.54) is 32.7 Å². The van der Waals surface area contributed by atoms with Crippen molar-refractivity contribution in [2.24, 2.45) is 0 Å². The van der Waals surface area contributed by atoms with E-state index >= 15 is 0 Å². The first-order chi connectivity index (χ1) is 29.2. The van der Waals surface area contributed by atoms with Gasteiger partial charge in [-0.1, -0.05) is 158 Å². The molecule has 0 bridgehead atoms. The van der Waals surface area contributed by atoms with Crippen LogP contribution < -0.4 is 10.5 Å². The lowest BCUT2D eigenvalue weighted by Gasteiger charge is -2.18. The zero-order valence-corrected chi connectivity index (χ0v) is 32.3. The van der Waals surface area contributed by atoms with Gasteiger partial charge in [-0.25, -0.2) is 0 Å². The molecule has 11 aromatic rings. The van der Waals surface area contributed by atoms with Crippen LogP contribution in [0.1, 0.15) is 5.56 Å². The minimum Gasteiger partial charge on any atom is -0.487 e. The van der Waals surface area contributed by atoms with Gasteiger partial charge in [-0.15, -0.1) is 0 Å². The summed E-state index contributed by atoms with van der Waals surface area (Å²) in [5, 5.41) is 4.88. The van der Waals surface area contributed by atoms with E-state index in [1.807, 2.05) is 24.3 Å². The van der Waals surface area contributed by atoms with E-state index in [-0.39, 0.29) is 0 Å². The fourth-order valence-corrected chi connectivity index (χ4v) is 8.82. The zero-order valence-electron chi connectivity index (χ0n) is 32.3. The van der Waals surface area contributed by atoms with Crippen molar-refractivity contribution in [3.05, 3.63) is 218 Å². The van der Waals surface area contributed by atoms with Crippen molar-refractivity contribution in [2.75, 3.05) is 5.73 Å². The third-order valence-electron chi connectivity index (χ3n) is 11.6. The lowest BCUT2D eigenvalue weighted by Crippen LogP contribution is -2.05. The molecule has 0 radical (unpaired) electrons. The molecular formula is C55H39N3O. The van der Waals surface area contributed by atoms with Crippen LogP contribution in [0.4, 0.5) is 5.69 Å². The van der Waals surface area contributed by atoms with E-state index in [0.29, 0.717) is 18.0 Å². The standard InChI is InChI=1S/C55H39N3O/c56-55-49(41-17-5-2-6-18-41)33-42(40-29-27-39(28-30-40)38-15-3-1-4-16-38)34-54(55)59-36-37-31-43(57-50-23-11-7-19-45(50)46-20-8-12-24-51(46)57)35-44(32-37)58-52-25-13-9-21-47(52)48-22-10-14-26-53(48)58/h1-35H,36,56H2. The molecule has 0 fully saturated rings. The maximum absolute atomic E-state index is 7.06. The van der Waals surface area contributed by atoms with Crippen molar-refractivity contribution in [3.63, 3.8) is 0 Å². The number of benzene rings is 9. The molecule has 2 heterocycles. The Morgan fingerprint density at radius 3 is 1.22 bits per heavy atom. The number of aromatic nitrogens is 2. The number of rotatable bonds is 8. The molecule has 0 amide bonds. The second-order valence-corrected chi connectivity index (χ2v) is 15.1. The quantitative estimate of drug-likeness (QED) is 0.157. The summed E-state index contributed by atoms with van der Waals surface area (Å²) in [5.41, 5.74) is 21.9. The summed E-state index contributed by atoms with van der Waals surface area (Å²) >= 11 is 0. The van der Waals surface area contributed by atoms with Crippen molar-refractivity contribution in [2.45, 2.75) is 6.61 Å². The van der Waals surface area contributed by atoms with Crippen LogP contribution in [0.3, 0.4) is 0 Å². The van der Waals surface area contributed by atoms with E-state index in [1.54, 1.807) is 0 Å². The van der Waals surface area contributed by atoms with Gasteiger partial charge in [-0.05, 0) is 88.0 Å². The Labute approximate surface area is 342 Å². The van der Waals surface area contributed by atoms with Crippen molar-refractivity contribution >= 4 is 49.3 Å². The molecule has 4 nitrogen and oxygen atoms in total. The molecule has 2 aromatic heterocycles. The molecule has 0 aliphatic heterocycles. The Kier molecular flexibility index (Phi) is 8.34. The summed E-state index contributed by atoms with van der Waals surface area (Å²) in [6, 6.07) is 75.3. The summed E-state index contributed by atoms with van der Waals surface area (Å²) in [4.78, 5) is 0. The van der Waals surface area contributed by atoms with Crippen LogP contribution >= 0.6 is 0 Å². The Morgan fingerprint density at radius 1 is 0.356 bits per heavy atom. The first-order valence-electron chi connectivity index (χ1n) is 20.1. The Hall–Kier alpha value is -7.82. The normalized spacial score (nSPS) is 11.5. The van der Waals surface area contributed by atoms with E-state index in [4.69, 9.17) is 10.5 Å². The summed E-state index contributed by atoms with van der Waals surface area (Å²) in [6.07, 6.45) is 0. The summed E-state index contributed by atoms with van der Waals surface area (Å²) in [7, 11) is 0. The lowest BCUT2D eigenvalue weighted by molar-refractivity contribution is 0.308. The molecular weight excluding hydrogens is 719 g/mol. The van der Waals surface area contributed by atoms with E-state index in [9.17, 15) is 0 Å². The van der Waals surface area contributed by atoms with Crippen LogP contribution in [-0.2, 0) is 6.61 Å². The highest BCUT2D eigenvalue weighted by atomic mass is 16.5. The van der Waals surface area contributed by atoms with Gasteiger partial charge in [0.15, 0.2) is 0 Å². The molecule has 0 spiro atoms. The predicted molar refractivity (Wildman–Crippen MR) is 247 cm³/mol. The number of nitrogens with two attached hydrogens (primary N) is 1. The van der Waals surface area contributed by atoms with Crippen LogP contribution in [-0.4, -0.2) is 9.13 Å². The number of ether oxygens (including phenoxy) is 1. The largest absolute Gasteiger partial charge is 0.487 e. The highest BCUT2D eigenvalue weighted by Gasteiger charge is 2.18. The van der Waals surface area contributed by atoms with Gasteiger partial charge in [0.1, 0.15) is 12.4 Å². The second kappa shape index (κ2) is 14.3. The Bertz CT molecular complexity index is 3090. The summed E-state index contributed by atoms with van der Waals surface area (Å²) in [5.74, 6) is 0.647. The monoisotopic (exact) mass is 757 g/mol.